The van der Waals surface area contributed by atoms with Crippen molar-refractivity contribution in [3.8, 4) is 0 Å². The predicted octanol–water partition coefficient (Wildman–Crippen LogP) is 2.07. The van der Waals surface area contributed by atoms with E-state index in [2.05, 4.69) is 12.2 Å². The summed E-state index contributed by atoms with van der Waals surface area (Å²) in [7, 11) is 0. The van der Waals surface area contributed by atoms with E-state index in [1.165, 1.54) is 44.9 Å². The van der Waals surface area contributed by atoms with Gasteiger partial charge in [-0.15, -0.1) is 0 Å². The van der Waals surface area contributed by atoms with E-state index in [1.54, 1.807) is 0 Å². The van der Waals surface area contributed by atoms with Crippen molar-refractivity contribution in [1.82, 2.24) is 5.32 Å². The predicted molar refractivity (Wildman–Crippen MR) is 58.2 cm³/mol. The molecule has 1 atom stereocenters. The summed E-state index contributed by atoms with van der Waals surface area (Å²) < 4.78 is 0. The Kier molecular flexibility index (Phi) is 3.13. The van der Waals surface area contributed by atoms with Gasteiger partial charge in [-0.2, -0.15) is 0 Å². The molecule has 0 heterocycles. The average Bonchev–Trinajstić information content (AvgIpc) is 3.03. The highest BCUT2D eigenvalue weighted by molar-refractivity contribution is 4.99. The van der Waals surface area contributed by atoms with Gasteiger partial charge in [-0.05, 0) is 38.5 Å². The van der Waals surface area contributed by atoms with Gasteiger partial charge in [0.1, 0.15) is 0 Å². The number of aliphatic hydroxyl groups excluding tert-OH is 1. The second-order valence-corrected chi connectivity index (χ2v) is 5.33. The molecule has 2 saturated carbocycles. The van der Waals surface area contributed by atoms with Crippen LogP contribution < -0.4 is 5.32 Å². The monoisotopic (exact) mass is 197 g/mol. The molecular weight excluding hydrogens is 174 g/mol. The molecule has 2 nitrogen and oxygen atoms in total. The molecule has 82 valence electrons. The van der Waals surface area contributed by atoms with Crippen LogP contribution in [0.2, 0.25) is 0 Å². The van der Waals surface area contributed by atoms with Gasteiger partial charge in [-0.3, -0.25) is 0 Å². The van der Waals surface area contributed by atoms with Crippen molar-refractivity contribution in [2.24, 2.45) is 5.92 Å². The Hall–Kier alpha value is -0.0800. The largest absolute Gasteiger partial charge is 0.394 e. The van der Waals surface area contributed by atoms with Gasteiger partial charge in [-0.25, -0.2) is 0 Å². The fraction of sp³-hybridized carbons (Fsp3) is 1.00. The highest BCUT2D eigenvalue weighted by Crippen LogP contribution is 2.40. The third kappa shape index (κ3) is 2.29. The SMILES string of the molecule is CC(CO)(NC1CCCCC1)C1CC1. The Morgan fingerprint density at radius 3 is 2.29 bits per heavy atom. The first-order valence-electron chi connectivity index (χ1n) is 6.13. The molecule has 0 aromatic rings. The zero-order valence-corrected chi connectivity index (χ0v) is 9.26. The number of hydrogen-bond donors (Lipinski definition) is 2. The van der Waals surface area contributed by atoms with Crippen LogP contribution in [0, 0.1) is 5.92 Å². The van der Waals surface area contributed by atoms with Crippen LogP contribution in [0.3, 0.4) is 0 Å². The van der Waals surface area contributed by atoms with Gasteiger partial charge in [-0.1, -0.05) is 19.3 Å². The van der Waals surface area contributed by atoms with Crippen molar-refractivity contribution in [1.29, 1.82) is 0 Å². The smallest absolute Gasteiger partial charge is 0.0613 e. The molecule has 2 N–H and O–H groups in total. The lowest BCUT2D eigenvalue weighted by Gasteiger charge is -2.35. The fourth-order valence-corrected chi connectivity index (χ4v) is 2.73. The van der Waals surface area contributed by atoms with Crippen molar-refractivity contribution in [3.05, 3.63) is 0 Å². The van der Waals surface area contributed by atoms with Gasteiger partial charge in [0.25, 0.3) is 0 Å². The number of hydrogen-bond acceptors (Lipinski definition) is 2. The zero-order chi connectivity index (χ0) is 10.0. The molecule has 0 aromatic carbocycles. The Bertz CT molecular complexity index is 185. The standard InChI is InChI=1S/C12H23NO/c1-12(9-14,10-7-8-10)13-11-5-3-2-4-6-11/h10-11,13-14H,2-9H2,1H3. The van der Waals surface area contributed by atoms with E-state index in [0.717, 1.165) is 5.92 Å². The third-order valence-corrected chi connectivity index (χ3v) is 3.95. The zero-order valence-electron chi connectivity index (χ0n) is 9.26. The van der Waals surface area contributed by atoms with E-state index in [9.17, 15) is 5.11 Å². The maximum Gasteiger partial charge on any atom is 0.0613 e. The summed E-state index contributed by atoms with van der Waals surface area (Å²) >= 11 is 0. The summed E-state index contributed by atoms with van der Waals surface area (Å²) in [6.45, 7) is 2.49. The second kappa shape index (κ2) is 4.19. The molecule has 2 aliphatic rings. The average molecular weight is 197 g/mol. The van der Waals surface area contributed by atoms with E-state index in [1.807, 2.05) is 0 Å². The van der Waals surface area contributed by atoms with Crippen LogP contribution >= 0.6 is 0 Å². The van der Waals surface area contributed by atoms with Crippen LogP contribution in [0.5, 0.6) is 0 Å². The molecule has 2 aliphatic carbocycles. The van der Waals surface area contributed by atoms with Crippen molar-refractivity contribution in [3.63, 3.8) is 0 Å². The number of nitrogens with one attached hydrogen (secondary N) is 1. The minimum Gasteiger partial charge on any atom is -0.394 e. The minimum atomic E-state index is 0.0159. The number of aliphatic hydroxyl groups is 1. The van der Waals surface area contributed by atoms with Crippen molar-refractivity contribution < 1.29 is 5.11 Å². The molecule has 2 heteroatoms. The Morgan fingerprint density at radius 2 is 1.79 bits per heavy atom. The van der Waals surface area contributed by atoms with E-state index < -0.39 is 0 Å². The van der Waals surface area contributed by atoms with Crippen molar-refractivity contribution in [2.45, 2.75) is 63.5 Å². The first-order valence-corrected chi connectivity index (χ1v) is 6.13. The summed E-state index contributed by atoms with van der Waals surface area (Å²) in [6, 6.07) is 0.668. The summed E-state index contributed by atoms with van der Waals surface area (Å²) in [5, 5.41) is 13.2. The Morgan fingerprint density at radius 1 is 1.14 bits per heavy atom. The molecule has 0 bridgehead atoms. The highest BCUT2D eigenvalue weighted by atomic mass is 16.3. The van der Waals surface area contributed by atoms with E-state index >= 15 is 0 Å². The number of rotatable bonds is 4. The van der Waals surface area contributed by atoms with Crippen LogP contribution in [0.25, 0.3) is 0 Å². The van der Waals surface area contributed by atoms with E-state index in [0.29, 0.717) is 12.6 Å². The maximum atomic E-state index is 9.46. The Labute approximate surface area is 87.1 Å². The van der Waals surface area contributed by atoms with Crippen LogP contribution in [0.4, 0.5) is 0 Å². The summed E-state index contributed by atoms with van der Waals surface area (Å²) in [6.07, 6.45) is 9.35. The molecule has 0 amide bonds. The van der Waals surface area contributed by atoms with Crippen molar-refractivity contribution >= 4 is 0 Å². The molecule has 0 spiro atoms. The van der Waals surface area contributed by atoms with Gasteiger partial charge in [0.05, 0.1) is 6.61 Å². The maximum absolute atomic E-state index is 9.46. The van der Waals surface area contributed by atoms with E-state index in [-0.39, 0.29) is 5.54 Å². The molecule has 2 fully saturated rings. The van der Waals surface area contributed by atoms with Gasteiger partial charge in [0, 0.05) is 11.6 Å². The lowest BCUT2D eigenvalue weighted by atomic mass is 9.90. The van der Waals surface area contributed by atoms with E-state index in [4.69, 9.17) is 0 Å². The lowest BCUT2D eigenvalue weighted by Crippen LogP contribution is -2.53. The molecule has 0 radical (unpaired) electrons. The second-order valence-electron chi connectivity index (χ2n) is 5.33. The lowest BCUT2D eigenvalue weighted by molar-refractivity contribution is 0.132. The summed E-state index contributed by atoms with van der Waals surface area (Å²) in [4.78, 5) is 0. The van der Waals surface area contributed by atoms with Crippen molar-refractivity contribution in [2.75, 3.05) is 6.61 Å². The molecule has 1 unspecified atom stereocenters. The molecule has 0 saturated heterocycles. The van der Waals surface area contributed by atoms with Gasteiger partial charge in [0.2, 0.25) is 0 Å². The van der Waals surface area contributed by atoms with Crippen LogP contribution in [-0.2, 0) is 0 Å². The third-order valence-electron chi connectivity index (χ3n) is 3.95. The first kappa shape index (κ1) is 10.4. The van der Waals surface area contributed by atoms with Crippen LogP contribution in [0.1, 0.15) is 51.9 Å². The van der Waals surface area contributed by atoms with Gasteiger partial charge < -0.3 is 10.4 Å². The van der Waals surface area contributed by atoms with Gasteiger partial charge >= 0.3 is 0 Å². The topological polar surface area (TPSA) is 32.3 Å². The minimum absolute atomic E-state index is 0.0159. The molecule has 0 aromatic heterocycles. The first-order chi connectivity index (χ1) is 6.74. The summed E-state index contributed by atoms with van der Waals surface area (Å²) in [5.41, 5.74) is 0.0159. The molecule has 0 aliphatic heterocycles. The summed E-state index contributed by atoms with van der Waals surface area (Å²) in [5.74, 6) is 0.731. The highest BCUT2D eigenvalue weighted by Gasteiger charge is 2.42. The Balaban J connectivity index is 1.86. The van der Waals surface area contributed by atoms with Crippen LogP contribution in [-0.4, -0.2) is 23.3 Å². The van der Waals surface area contributed by atoms with Gasteiger partial charge in [0.15, 0.2) is 0 Å². The molecule has 14 heavy (non-hydrogen) atoms. The molecule has 2 rings (SSSR count). The fourth-order valence-electron chi connectivity index (χ4n) is 2.73. The van der Waals surface area contributed by atoms with Crippen LogP contribution in [0.15, 0.2) is 0 Å². The normalized spacial score (nSPS) is 28.7. The quantitative estimate of drug-likeness (QED) is 0.723. The molecular formula is C12H23NO.